The minimum atomic E-state index is -3.74. The molecular formula is C19H24N4O3S. The standard InChI is InChI=1S/C19H24N4O3S/c1-13-11-18(22(2)20-13)23-10-4-7-17(19(23)24)21-27(25,26)16-9-8-14-5-3-6-15(14)12-16/h8-9,11-12,17,21H,3-7,10H2,1-2H3/t17-/m0/s1. The number of rotatable bonds is 4. The number of fused-ring (bicyclic) bond motifs is 1. The average molecular weight is 388 g/mol. The molecule has 1 aliphatic carbocycles. The average Bonchev–Trinajstić information content (AvgIpc) is 3.21. The second-order valence-corrected chi connectivity index (χ2v) is 9.07. The van der Waals surface area contributed by atoms with Crippen LogP contribution in [0.25, 0.3) is 0 Å². The van der Waals surface area contributed by atoms with Gasteiger partial charge >= 0.3 is 0 Å². The molecule has 0 bridgehead atoms. The Morgan fingerprint density at radius 3 is 2.67 bits per heavy atom. The van der Waals surface area contributed by atoms with Gasteiger partial charge in [0, 0.05) is 19.7 Å². The molecule has 1 aliphatic heterocycles. The molecule has 0 saturated carbocycles. The summed E-state index contributed by atoms with van der Waals surface area (Å²) in [6, 6.07) is 6.37. The fourth-order valence-electron chi connectivity index (χ4n) is 4.03. The molecule has 1 aromatic carbocycles. The lowest BCUT2D eigenvalue weighted by atomic mass is 10.1. The Morgan fingerprint density at radius 1 is 1.15 bits per heavy atom. The van der Waals surface area contributed by atoms with Crippen LogP contribution in [-0.4, -0.2) is 36.7 Å². The first-order chi connectivity index (χ1) is 12.8. The molecular weight excluding hydrogens is 364 g/mol. The summed E-state index contributed by atoms with van der Waals surface area (Å²) in [6.45, 7) is 2.43. The van der Waals surface area contributed by atoms with E-state index in [2.05, 4.69) is 9.82 Å². The van der Waals surface area contributed by atoms with Crippen LogP contribution in [0.15, 0.2) is 29.2 Å². The number of piperidine rings is 1. The number of nitrogens with one attached hydrogen (secondary N) is 1. The van der Waals surface area contributed by atoms with Crippen molar-refractivity contribution in [3.05, 3.63) is 41.1 Å². The Balaban J connectivity index is 1.56. The third-order valence-electron chi connectivity index (χ3n) is 5.37. The molecule has 7 nitrogen and oxygen atoms in total. The van der Waals surface area contributed by atoms with E-state index in [0.29, 0.717) is 18.8 Å². The van der Waals surface area contributed by atoms with Gasteiger partial charge in [-0.2, -0.15) is 9.82 Å². The van der Waals surface area contributed by atoms with Gasteiger partial charge in [-0.1, -0.05) is 6.07 Å². The zero-order valence-electron chi connectivity index (χ0n) is 15.6. The molecule has 1 aromatic heterocycles. The van der Waals surface area contributed by atoms with E-state index >= 15 is 0 Å². The predicted molar refractivity (Wildman–Crippen MR) is 102 cm³/mol. The predicted octanol–water partition coefficient (Wildman–Crippen LogP) is 1.69. The van der Waals surface area contributed by atoms with Crippen molar-refractivity contribution in [1.82, 2.24) is 14.5 Å². The van der Waals surface area contributed by atoms with Crippen molar-refractivity contribution in [1.29, 1.82) is 0 Å². The van der Waals surface area contributed by atoms with E-state index in [1.54, 1.807) is 28.8 Å². The van der Waals surface area contributed by atoms with Crippen LogP contribution in [0.5, 0.6) is 0 Å². The lowest BCUT2D eigenvalue weighted by molar-refractivity contribution is -0.121. The third-order valence-corrected chi connectivity index (χ3v) is 6.84. The van der Waals surface area contributed by atoms with Crippen molar-refractivity contribution in [3.8, 4) is 0 Å². The number of nitrogens with zero attached hydrogens (tertiary/aromatic N) is 3. The Labute approximate surface area is 159 Å². The van der Waals surface area contributed by atoms with Crippen molar-refractivity contribution in [2.75, 3.05) is 11.4 Å². The first-order valence-corrected chi connectivity index (χ1v) is 10.8. The van der Waals surface area contributed by atoms with E-state index in [1.165, 1.54) is 5.56 Å². The maximum absolute atomic E-state index is 12.9. The highest BCUT2D eigenvalue weighted by Crippen LogP contribution is 2.26. The van der Waals surface area contributed by atoms with Crippen LogP contribution in [-0.2, 0) is 34.7 Å². The molecule has 1 atom stereocenters. The highest BCUT2D eigenvalue weighted by atomic mass is 32.2. The maximum atomic E-state index is 12.9. The molecule has 2 aromatic rings. The Morgan fingerprint density at radius 2 is 1.93 bits per heavy atom. The normalized spacial score (nSPS) is 20.1. The number of carbonyl (C=O) groups is 1. The highest BCUT2D eigenvalue weighted by Gasteiger charge is 2.34. The molecule has 1 amide bonds. The van der Waals surface area contributed by atoms with Gasteiger partial charge in [-0.05, 0) is 62.3 Å². The Bertz CT molecular complexity index is 996. The highest BCUT2D eigenvalue weighted by molar-refractivity contribution is 7.89. The molecule has 27 heavy (non-hydrogen) atoms. The summed E-state index contributed by atoms with van der Waals surface area (Å²) >= 11 is 0. The summed E-state index contributed by atoms with van der Waals surface area (Å²) < 4.78 is 30.0. The molecule has 8 heteroatoms. The number of carbonyl (C=O) groups excluding carboxylic acids is 1. The van der Waals surface area contributed by atoms with Gasteiger partial charge in [0.25, 0.3) is 0 Å². The summed E-state index contributed by atoms with van der Waals surface area (Å²) in [6.07, 6.45) is 4.20. The molecule has 1 saturated heterocycles. The first kappa shape index (κ1) is 18.2. The smallest absolute Gasteiger partial charge is 0.246 e. The monoisotopic (exact) mass is 388 g/mol. The molecule has 1 N–H and O–H groups in total. The largest absolute Gasteiger partial charge is 0.296 e. The van der Waals surface area contributed by atoms with Gasteiger partial charge in [0.05, 0.1) is 10.6 Å². The molecule has 0 spiro atoms. The molecule has 1 fully saturated rings. The topological polar surface area (TPSA) is 84.3 Å². The van der Waals surface area contributed by atoms with Gasteiger partial charge in [0.15, 0.2) is 0 Å². The number of hydrogen-bond acceptors (Lipinski definition) is 4. The van der Waals surface area contributed by atoms with Gasteiger partial charge in [-0.3, -0.25) is 14.4 Å². The summed E-state index contributed by atoms with van der Waals surface area (Å²) in [7, 11) is -1.96. The minimum absolute atomic E-state index is 0.228. The number of amides is 1. The number of aromatic nitrogens is 2. The second kappa shape index (κ2) is 6.76. The Hall–Kier alpha value is -2.19. The van der Waals surface area contributed by atoms with Gasteiger partial charge < -0.3 is 0 Å². The molecule has 144 valence electrons. The molecule has 0 radical (unpaired) electrons. The number of benzene rings is 1. The van der Waals surface area contributed by atoms with Gasteiger partial charge in [-0.15, -0.1) is 0 Å². The van der Waals surface area contributed by atoms with Crippen LogP contribution >= 0.6 is 0 Å². The molecule has 4 rings (SSSR count). The van der Waals surface area contributed by atoms with E-state index in [4.69, 9.17) is 0 Å². The van der Waals surface area contributed by atoms with Crippen molar-refractivity contribution in [2.45, 2.75) is 50.0 Å². The maximum Gasteiger partial charge on any atom is 0.246 e. The van der Waals surface area contributed by atoms with Crippen LogP contribution in [0.3, 0.4) is 0 Å². The zero-order chi connectivity index (χ0) is 19.2. The van der Waals surface area contributed by atoms with E-state index in [9.17, 15) is 13.2 Å². The van der Waals surface area contributed by atoms with E-state index in [1.807, 2.05) is 19.1 Å². The lowest BCUT2D eigenvalue weighted by Gasteiger charge is -2.32. The van der Waals surface area contributed by atoms with Gasteiger partial charge in [-0.25, -0.2) is 8.42 Å². The van der Waals surface area contributed by atoms with Crippen molar-refractivity contribution in [3.63, 3.8) is 0 Å². The minimum Gasteiger partial charge on any atom is -0.296 e. The summed E-state index contributed by atoms with van der Waals surface area (Å²) in [5, 5.41) is 4.29. The third kappa shape index (κ3) is 3.39. The number of anilines is 1. The molecule has 0 unspecified atom stereocenters. The summed E-state index contributed by atoms with van der Waals surface area (Å²) in [4.78, 5) is 14.8. The number of hydrogen-bond donors (Lipinski definition) is 1. The van der Waals surface area contributed by atoms with Crippen molar-refractivity contribution < 1.29 is 13.2 Å². The SMILES string of the molecule is Cc1cc(N2CCC[C@H](NS(=O)(=O)c3ccc4c(c3)CCC4)C2=O)n(C)n1. The fourth-order valence-corrected chi connectivity index (χ4v) is 5.31. The lowest BCUT2D eigenvalue weighted by Crippen LogP contribution is -2.52. The molecule has 2 aliphatic rings. The number of sulfonamides is 1. The van der Waals surface area contributed by atoms with E-state index in [-0.39, 0.29) is 10.8 Å². The number of aryl methyl sites for hydroxylation is 4. The van der Waals surface area contributed by atoms with Crippen LogP contribution in [0.1, 0.15) is 36.1 Å². The quantitative estimate of drug-likeness (QED) is 0.864. The Kier molecular flexibility index (Phi) is 4.55. The van der Waals surface area contributed by atoms with Gasteiger partial charge in [0.1, 0.15) is 11.9 Å². The zero-order valence-corrected chi connectivity index (χ0v) is 16.4. The van der Waals surface area contributed by atoms with Crippen LogP contribution < -0.4 is 9.62 Å². The van der Waals surface area contributed by atoms with E-state index < -0.39 is 16.1 Å². The molecule has 2 heterocycles. The van der Waals surface area contributed by atoms with Gasteiger partial charge in [0.2, 0.25) is 15.9 Å². The summed E-state index contributed by atoms with van der Waals surface area (Å²) in [5.74, 6) is 0.466. The van der Waals surface area contributed by atoms with Crippen LogP contribution in [0.2, 0.25) is 0 Å². The van der Waals surface area contributed by atoms with Crippen molar-refractivity contribution in [2.24, 2.45) is 7.05 Å². The second-order valence-electron chi connectivity index (χ2n) is 7.36. The first-order valence-electron chi connectivity index (χ1n) is 9.31. The van der Waals surface area contributed by atoms with E-state index in [0.717, 1.165) is 36.9 Å². The van der Waals surface area contributed by atoms with Crippen molar-refractivity contribution >= 4 is 21.7 Å². The fraction of sp³-hybridized carbons (Fsp3) is 0.474. The summed E-state index contributed by atoms with van der Waals surface area (Å²) in [5.41, 5.74) is 3.14. The van der Waals surface area contributed by atoms with Crippen LogP contribution in [0, 0.1) is 6.92 Å². The van der Waals surface area contributed by atoms with Crippen LogP contribution in [0.4, 0.5) is 5.82 Å².